The highest BCUT2D eigenvalue weighted by molar-refractivity contribution is 7.89. The van der Waals surface area contributed by atoms with Crippen LogP contribution in [0.1, 0.15) is 13.8 Å². The highest BCUT2D eigenvalue weighted by atomic mass is 35.5. The maximum absolute atomic E-state index is 12.8. The number of allylic oxidation sites excluding steroid dienone is 1. The summed E-state index contributed by atoms with van der Waals surface area (Å²) in [5.41, 5.74) is 1.53. The van der Waals surface area contributed by atoms with Crippen molar-refractivity contribution in [1.82, 2.24) is 9.29 Å². The molecule has 9 heteroatoms. The summed E-state index contributed by atoms with van der Waals surface area (Å²) in [6.07, 6.45) is 3.12. The van der Waals surface area contributed by atoms with Crippen LogP contribution in [0.15, 0.2) is 59.1 Å². The van der Waals surface area contributed by atoms with E-state index in [1.54, 1.807) is 24.4 Å². The van der Waals surface area contributed by atoms with Crippen LogP contribution in [0.3, 0.4) is 0 Å². The quantitative estimate of drug-likeness (QED) is 0.731. The van der Waals surface area contributed by atoms with Gasteiger partial charge in [-0.3, -0.25) is 4.79 Å². The molecule has 0 spiro atoms. The van der Waals surface area contributed by atoms with Gasteiger partial charge >= 0.3 is 0 Å². The maximum Gasteiger partial charge on any atom is 0.248 e. The number of amides is 1. The third-order valence-electron chi connectivity index (χ3n) is 4.45. The number of carbonyl (C=O) groups is 1. The number of hydrogen-bond acceptors (Lipinski definition) is 5. The summed E-state index contributed by atoms with van der Waals surface area (Å²) in [5, 5.41) is 3.26. The van der Waals surface area contributed by atoms with Gasteiger partial charge in [0.05, 0.1) is 16.8 Å². The van der Waals surface area contributed by atoms with Crippen molar-refractivity contribution < 1.29 is 13.2 Å². The predicted molar refractivity (Wildman–Crippen MR) is 115 cm³/mol. The summed E-state index contributed by atoms with van der Waals surface area (Å²) < 4.78 is 27.0. The van der Waals surface area contributed by atoms with Crippen LogP contribution in [-0.2, 0) is 14.8 Å². The van der Waals surface area contributed by atoms with Gasteiger partial charge in [-0.1, -0.05) is 17.2 Å². The number of nitrogens with zero attached hydrogens (tertiary/aromatic N) is 3. The van der Waals surface area contributed by atoms with Crippen molar-refractivity contribution >= 4 is 39.0 Å². The Morgan fingerprint density at radius 3 is 2.28 bits per heavy atom. The lowest BCUT2D eigenvalue weighted by Gasteiger charge is -2.34. The monoisotopic (exact) mass is 434 g/mol. The lowest BCUT2D eigenvalue weighted by atomic mass is 10.3. The molecule has 1 aliphatic rings. The topological polar surface area (TPSA) is 82.6 Å². The van der Waals surface area contributed by atoms with E-state index in [0.717, 1.165) is 11.4 Å². The standard InChI is InChI=1S/C20H23ClN4O3S/c1-15(2)13-20(26)23-17-5-8-19(22-14-17)24-9-11-25(12-10-24)29(27,28)18-6-3-16(21)4-7-18/h3-8,13-14H,9-12H2,1-2H3,(H,23,26). The second-order valence-electron chi connectivity index (χ2n) is 6.96. The average Bonchev–Trinajstić information content (AvgIpc) is 2.68. The zero-order valence-electron chi connectivity index (χ0n) is 16.3. The van der Waals surface area contributed by atoms with Crippen LogP contribution in [0.25, 0.3) is 0 Å². The van der Waals surface area contributed by atoms with Crippen LogP contribution in [0.5, 0.6) is 0 Å². The van der Waals surface area contributed by atoms with E-state index in [9.17, 15) is 13.2 Å². The van der Waals surface area contributed by atoms with Gasteiger partial charge in [-0.25, -0.2) is 13.4 Å². The Labute approximate surface area is 176 Å². The Morgan fingerprint density at radius 1 is 1.07 bits per heavy atom. The van der Waals surface area contributed by atoms with Crippen molar-refractivity contribution in [3.8, 4) is 0 Å². The van der Waals surface area contributed by atoms with Gasteiger partial charge in [0.25, 0.3) is 0 Å². The fourth-order valence-electron chi connectivity index (χ4n) is 3.00. The lowest BCUT2D eigenvalue weighted by Crippen LogP contribution is -2.48. The van der Waals surface area contributed by atoms with Gasteiger partial charge < -0.3 is 10.2 Å². The Kier molecular flexibility index (Phi) is 6.56. The summed E-state index contributed by atoms with van der Waals surface area (Å²) in [7, 11) is -3.54. The normalized spacial score (nSPS) is 15.1. The summed E-state index contributed by atoms with van der Waals surface area (Å²) in [4.78, 5) is 18.4. The van der Waals surface area contributed by atoms with E-state index < -0.39 is 10.0 Å². The molecule has 0 saturated carbocycles. The molecule has 0 bridgehead atoms. The fourth-order valence-corrected chi connectivity index (χ4v) is 4.55. The zero-order chi connectivity index (χ0) is 21.0. The maximum atomic E-state index is 12.8. The summed E-state index contributed by atoms with van der Waals surface area (Å²) in [5.74, 6) is 0.550. The van der Waals surface area contributed by atoms with Gasteiger partial charge in [-0.2, -0.15) is 4.31 Å². The van der Waals surface area contributed by atoms with Crippen LogP contribution in [0.4, 0.5) is 11.5 Å². The molecule has 154 valence electrons. The van der Waals surface area contributed by atoms with Gasteiger partial charge in [0.2, 0.25) is 15.9 Å². The molecular weight excluding hydrogens is 412 g/mol. The van der Waals surface area contributed by atoms with E-state index in [1.165, 1.54) is 22.5 Å². The van der Waals surface area contributed by atoms with E-state index in [1.807, 2.05) is 24.8 Å². The fraction of sp³-hybridized carbons (Fsp3) is 0.300. The number of aromatic nitrogens is 1. The minimum atomic E-state index is -3.54. The SMILES string of the molecule is CC(C)=CC(=O)Nc1ccc(N2CCN(S(=O)(=O)c3ccc(Cl)cc3)CC2)nc1. The molecule has 7 nitrogen and oxygen atoms in total. The molecule has 2 heterocycles. The number of anilines is 2. The summed E-state index contributed by atoms with van der Waals surface area (Å²) >= 11 is 5.85. The second-order valence-corrected chi connectivity index (χ2v) is 9.34. The number of sulfonamides is 1. The molecule has 0 radical (unpaired) electrons. The molecule has 3 rings (SSSR count). The molecule has 0 aliphatic carbocycles. The van der Waals surface area contributed by atoms with Gasteiger partial charge in [-0.15, -0.1) is 0 Å². The number of rotatable bonds is 5. The molecule has 1 N–H and O–H groups in total. The Bertz CT molecular complexity index is 993. The first-order valence-corrected chi connectivity index (χ1v) is 11.0. The Morgan fingerprint density at radius 2 is 1.72 bits per heavy atom. The molecule has 1 saturated heterocycles. The number of benzene rings is 1. The summed E-state index contributed by atoms with van der Waals surface area (Å²) in [6.45, 7) is 5.51. The van der Waals surface area contributed by atoms with E-state index in [0.29, 0.717) is 36.9 Å². The molecule has 2 aromatic rings. The van der Waals surface area contributed by atoms with Crippen molar-refractivity contribution in [2.24, 2.45) is 0 Å². The van der Waals surface area contributed by atoms with Crippen molar-refractivity contribution in [2.45, 2.75) is 18.7 Å². The number of pyridine rings is 1. The first kappa shape index (κ1) is 21.3. The first-order chi connectivity index (χ1) is 13.8. The highest BCUT2D eigenvalue weighted by Crippen LogP contribution is 2.22. The Balaban J connectivity index is 1.61. The Hall–Kier alpha value is -2.42. The molecule has 1 amide bonds. The van der Waals surface area contributed by atoms with Crippen LogP contribution in [0, 0.1) is 0 Å². The van der Waals surface area contributed by atoms with Crippen molar-refractivity contribution in [1.29, 1.82) is 0 Å². The first-order valence-electron chi connectivity index (χ1n) is 9.18. The van der Waals surface area contributed by atoms with Gasteiger partial charge in [0.15, 0.2) is 0 Å². The third-order valence-corrected chi connectivity index (χ3v) is 6.61. The number of hydrogen-bond donors (Lipinski definition) is 1. The van der Waals surface area contributed by atoms with E-state index in [4.69, 9.17) is 11.6 Å². The van der Waals surface area contributed by atoms with Crippen LogP contribution in [-0.4, -0.2) is 49.8 Å². The molecule has 29 heavy (non-hydrogen) atoms. The van der Waals surface area contributed by atoms with Gasteiger partial charge in [0.1, 0.15) is 5.82 Å². The van der Waals surface area contributed by atoms with Gasteiger partial charge in [-0.05, 0) is 50.2 Å². The molecule has 1 aromatic heterocycles. The lowest BCUT2D eigenvalue weighted by molar-refractivity contribution is -0.111. The average molecular weight is 435 g/mol. The van der Waals surface area contributed by atoms with Crippen LogP contribution in [0.2, 0.25) is 5.02 Å². The largest absolute Gasteiger partial charge is 0.354 e. The number of nitrogens with one attached hydrogen (secondary N) is 1. The molecule has 1 aromatic carbocycles. The van der Waals surface area contributed by atoms with Crippen molar-refractivity contribution in [3.05, 3.63) is 59.3 Å². The zero-order valence-corrected chi connectivity index (χ0v) is 17.9. The third kappa shape index (κ3) is 5.35. The van der Waals surface area contributed by atoms with E-state index >= 15 is 0 Å². The number of halogens is 1. The molecule has 1 fully saturated rings. The smallest absolute Gasteiger partial charge is 0.248 e. The molecule has 0 unspecified atom stereocenters. The highest BCUT2D eigenvalue weighted by Gasteiger charge is 2.28. The van der Waals surface area contributed by atoms with Gasteiger partial charge in [0, 0.05) is 37.3 Å². The number of piperazine rings is 1. The minimum Gasteiger partial charge on any atom is -0.354 e. The molecule has 1 aliphatic heterocycles. The number of carbonyl (C=O) groups excluding carboxylic acids is 1. The van der Waals surface area contributed by atoms with Crippen LogP contribution >= 0.6 is 11.6 Å². The minimum absolute atomic E-state index is 0.194. The van der Waals surface area contributed by atoms with Crippen molar-refractivity contribution in [3.63, 3.8) is 0 Å². The predicted octanol–water partition coefficient (Wildman–Crippen LogP) is 3.15. The molecule has 0 atom stereocenters. The van der Waals surface area contributed by atoms with Crippen molar-refractivity contribution in [2.75, 3.05) is 36.4 Å². The van der Waals surface area contributed by atoms with E-state index in [2.05, 4.69) is 10.3 Å². The molecular formula is C20H23ClN4O3S. The summed E-state index contributed by atoms with van der Waals surface area (Å²) in [6, 6.07) is 9.80. The van der Waals surface area contributed by atoms with E-state index in [-0.39, 0.29) is 10.8 Å². The van der Waals surface area contributed by atoms with Crippen LogP contribution < -0.4 is 10.2 Å². The second kappa shape index (κ2) is 8.94.